The lowest BCUT2D eigenvalue weighted by atomic mass is 10.3. The van der Waals surface area contributed by atoms with E-state index < -0.39 is 20.7 Å². The van der Waals surface area contributed by atoms with Crippen LogP contribution in [0.4, 0.5) is 15.8 Å². The predicted molar refractivity (Wildman–Crippen MR) is 75.9 cm³/mol. The van der Waals surface area contributed by atoms with E-state index in [2.05, 4.69) is 9.71 Å². The zero-order valence-electron chi connectivity index (χ0n) is 9.77. The third-order valence-electron chi connectivity index (χ3n) is 2.29. The summed E-state index contributed by atoms with van der Waals surface area (Å²) in [6.45, 7) is 0. The number of benzene rings is 1. The summed E-state index contributed by atoms with van der Waals surface area (Å²) in [5, 5.41) is -0.283. The summed E-state index contributed by atoms with van der Waals surface area (Å²) in [4.78, 5) is 3.06. The quantitative estimate of drug-likeness (QED) is 0.667. The largest absolute Gasteiger partial charge is 0.399 e. The van der Waals surface area contributed by atoms with Gasteiger partial charge in [-0.15, -0.1) is 0 Å². The molecule has 2 rings (SSSR count). The fraction of sp³-hybridized carbons (Fsp3) is 0. The van der Waals surface area contributed by atoms with Gasteiger partial charge in [-0.25, -0.2) is 17.8 Å². The maximum atomic E-state index is 13.8. The molecule has 0 atom stereocenters. The second-order valence-electron chi connectivity index (χ2n) is 3.79. The van der Waals surface area contributed by atoms with Gasteiger partial charge >= 0.3 is 0 Å². The molecule has 0 radical (unpaired) electrons. The summed E-state index contributed by atoms with van der Waals surface area (Å²) in [5.74, 6) is -1.08. The molecule has 0 fully saturated rings. The molecule has 0 saturated carbocycles. The molecule has 0 bridgehead atoms. The number of anilines is 2. The van der Waals surface area contributed by atoms with Gasteiger partial charge in [0.2, 0.25) is 0 Å². The molecule has 2 aromatic rings. The Bertz CT molecular complexity index is 768. The molecule has 3 N–H and O–H groups in total. The first-order chi connectivity index (χ1) is 9.29. The summed E-state index contributed by atoms with van der Waals surface area (Å²) in [5.41, 5.74) is 5.64. The van der Waals surface area contributed by atoms with Gasteiger partial charge in [0, 0.05) is 11.9 Å². The van der Waals surface area contributed by atoms with Gasteiger partial charge in [0.05, 0.1) is 10.7 Å². The number of nitrogens with one attached hydrogen (secondary N) is 1. The van der Waals surface area contributed by atoms with Crippen molar-refractivity contribution in [2.45, 2.75) is 4.90 Å². The SMILES string of the molecule is Nc1cc(Cl)c(F)c(S(=O)(=O)Nc2ccnc(Cl)c2)c1. The van der Waals surface area contributed by atoms with Crippen LogP contribution in [0.1, 0.15) is 0 Å². The Labute approximate surface area is 124 Å². The summed E-state index contributed by atoms with van der Waals surface area (Å²) in [7, 11) is -4.18. The van der Waals surface area contributed by atoms with Crippen LogP contribution in [0, 0.1) is 5.82 Å². The van der Waals surface area contributed by atoms with E-state index in [0.717, 1.165) is 12.1 Å². The number of pyridine rings is 1. The lowest BCUT2D eigenvalue weighted by molar-refractivity contribution is 0.571. The second-order valence-corrected chi connectivity index (χ2v) is 6.23. The minimum atomic E-state index is -4.18. The highest BCUT2D eigenvalue weighted by Crippen LogP contribution is 2.27. The lowest BCUT2D eigenvalue weighted by Crippen LogP contribution is -2.15. The smallest absolute Gasteiger partial charge is 0.264 e. The topological polar surface area (TPSA) is 85.1 Å². The summed E-state index contributed by atoms with van der Waals surface area (Å²) >= 11 is 11.2. The summed E-state index contributed by atoms with van der Waals surface area (Å²) in [6, 6.07) is 4.76. The van der Waals surface area contributed by atoms with Crippen LogP contribution < -0.4 is 10.5 Å². The van der Waals surface area contributed by atoms with E-state index in [1.807, 2.05) is 0 Å². The Kier molecular flexibility index (Phi) is 4.03. The molecule has 0 aliphatic heterocycles. The van der Waals surface area contributed by atoms with E-state index in [0.29, 0.717) is 0 Å². The highest BCUT2D eigenvalue weighted by atomic mass is 35.5. The van der Waals surface area contributed by atoms with Crippen LogP contribution in [0.3, 0.4) is 0 Å². The first kappa shape index (κ1) is 14.8. The molecule has 0 aliphatic carbocycles. The Morgan fingerprint density at radius 2 is 1.95 bits per heavy atom. The number of hydrogen-bond donors (Lipinski definition) is 2. The van der Waals surface area contributed by atoms with Gasteiger partial charge in [-0.3, -0.25) is 4.72 Å². The molecule has 1 aromatic heterocycles. The third kappa shape index (κ3) is 3.12. The van der Waals surface area contributed by atoms with E-state index >= 15 is 0 Å². The van der Waals surface area contributed by atoms with Crippen molar-refractivity contribution < 1.29 is 12.8 Å². The number of nitrogens with two attached hydrogens (primary N) is 1. The fourth-order valence-corrected chi connectivity index (χ4v) is 3.10. The number of rotatable bonds is 3. The standard InChI is InChI=1S/C11H8Cl2FN3O2S/c12-8-3-6(15)4-9(11(8)14)20(18,19)17-7-1-2-16-10(13)5-7/h1-5H,15H2,(H,16,17). The number of sulfonamides is 1. The van der Waals surface area contributed by atoms with Gasteiger partial charge in [0.1, 0.15) is 10.0 Å². The molecule has 0 unspecified atom stereocenters. The first-order valence-corrected chi connectivity index (χ1v) is 7.42. The third-order valence-corrected chi connectivity index (χ3v) is 4.15. The Hall–Kier alpha value is -1.57. The van der Waals surface area contributed by atoms with Gasteiger partial charge in [-0.1, -0.05) is 23.2 Å². The van der Waals surface area contributed by atoms with Crippen molar-refractivity contribution >= 4 is 44.6 Å². The molecule has 5 nitrogen and oxygen atoms in total. The van der Waals surface area contributed by atoms with Gasteiger partial charge in [0.15, 0.2) is 5.82 Å². The molecule has 0 amide bonds. The van der Waals surface area contributed by atoms with Crippen LogP contribution in [-0.4, -0.2) is 13.4 Å². The molecular weight excluding hydrogens is 328 g/mol. The number of hydrogen-bond acceptors (Lipinski definition) is 4. The number of nitrogens with zero attached hydrogens (tertiary/aromatic N) is 1. The zero-order chi connectivity index (χ0) is 14.9. The van der Waals surface area contributed by atoms with E-state index in [4.69, 9.17) is 28.9 Å². The lowest BCUT2D eigenvalue weighted by Gasteiger charge is -2.10. The van der Waals surface area contributed by atoms with Gasteiger partial charge < -0.3 is 5.73 Å². The molecule has 0 spiro atoms. The molecule has 1 heterocycles. The average molecular weight is 336 g/mol. The van der Waals surface area contributed by atoms with Gasteiger partial charge in [-0.05, 0) is 24.3 Å². The van der Waals surface area contributed by atoms with Crippen LogP contribution in [-0.2, 0) is 10.0 Å². The van der Waals surface area contributed by atoms with Crippen LogP contribution in [0.25, 0.3) is 0 Å². The summed E-state index contributed by atoms with van der Waals surface area (Å²) in [6.07, 6.45) is 1.31. The van der Waals surface area contributed by atoms with Crippen molar-refractivity contribution in [2.75, 3.05) is 10.5 Å². The van der Waals surface area contributed by atoms with Crippen molar-refractivity contribution in [3.8, 4) is 0 Å². The molecule has 0 saturated heterocycles. The van der Waals surface area contributed by atoms with E-state index in [9.17, 15) is 12.8 Å². The monoisotopic (exact) mass is 335 g/mol. The molecular formula is C11H8Cl2FN3O2S. The Morgan fingerprint density at radius 1 is 1.25 bits per heavy atom. The minimum absolute atomic E-state index is 0.0320. The minimum Gasteiger partial charge on any atom is -0.399 e. The highest BCUT2D eigenvalue weighted by molar-refractivity contribution is 7.92. The van der Waals surface area contributed by atoms with Crippen molar-refractivity contribution in [1.82, 2.24) is 4.98 Å². The van der Waals surface area contributed by atoms with E-state index in [1.54, 1.807) is 0 Å². The molecule has 20 heavy (non-hydrogen) atoms. The highest BCUT2D eigenvalue weighted by Gasteiger charge is 2.22. The van der Waals surface area contributed by atoms with Gasteiger partial charge in [0.25, 0.3) is 10.0 Å². The first-order valence-electron chi connectivity index (χ1n) is 5.18. The maximum absolute atomic E-state index is 13.8. The zero-order valence-corrected chi connectivity index (χ0v) is 12.1. The number of nitrogen functional groups attached to an aromatic ring is 1. The van der Waals surface area contributed by atoms with Crippen LogP contribution >= 0.6 is 23.2 Å². The normalized spacial score (nSPS) is 11.3. The van der Waals surface area contributed by atoms with E-state index in [-0.39, 0.29) is 21.6 Å². The van der Waals surface area contributed by atoms with Gasteiger partial charge in [-0.2, -0.15) is 0 Å². The number of aromatic nitrogens is 1. The van der Waals surface area contributed by atoms with Crippen molar-refractivity contribution in [3.63, 3.8) is 0 Å². The molecule has 9 heteroatoms. The second kappa shape index (κ2) is 5.43. The molecule has 1 aromatic carbocycles. The Balaban J connectivity index is 2.46. The van der Waals surface area contributed by atoms with Crippen LogP contribution in [0.2, 0.25) is 10.2 Å². The Morgan fingerprint density at radius 3 is 2.60 bits per heavy atom. The number of halogens is 3. The maximum Gasteiger partial charge on any atom is 0.264 e. The molecule has 106 valence electrons. The van der Waals surface area contributed by atoms with Crippen molar-refractivity contribution in [2.24, 2.45) is 0 Å². The average Bonchev–Trinajstić information content (AvgIpc) is 2.33. The van der Waals surface area contributed by atoms with Crippen molar-refractivity contribution in [1.29, 1.82) is 0 Å². The molecule has 0 aliphatic rings. The van der Waals surface area contributed by atoms with E-state index in [1.165, 1.54) is 18.3 Å². The fourth-order valence-electron chi connectivity index (χ4n) is 1.46. The predicted octanol–water partition coefficient (Wildman–Crippen LogP) is 2.91. The van der Waals surface area contributed by atoms with Crippen LogP contribution in [0.5, 0.6) is 0 Å². The summed E-state index contributed by atoms with van der Waals surface area (Å²) < 4.78 is 40.2. The van der Waals surface area contributed by atoms with Crippen molar-refractivity contribution in [3.05, 3.63) is 46.5 Å². The van der Waals surface area contributed by atoms with Crippen LogP contribution in [0.15, 0.2) is 35.4 Å².